The van der Waals surface area contributed by atoms with E-state index < -0.39 is 0 Å². The zero-order chi connectivity index (χ0) is 26.6. The number of anilines is 2. The van der Waals surface area contributed by atoms with Gasteiger partial charge >= 0.3 is 0 Å². The van der Waals surface area contributed by atoms with Crippen LogP contribution < -0.4 is 21.1 Å². The van der Waals surface area contributed by atoms with Crippen molar-refractivity contribution in [3.63, 3.8) is 0 Å². The smallest absolute Gasteiger partial charge is 0.251 e. The summed E-state index contributed by atoms with van der Waals surface area (Å²) in [4.78, 5) is 40.6. The van der Waals surface area contributed by atoms with E-state index in [2.05, 4.69) is 15.5 Å². The van der Waals surface area contributed by atoms with Crippen LogP contribution in [0.25, 0.3) is 6.08 Å². The van der Waals surface area contributed by atoms with Crippen LogP contribution in [0, 0.1) is 5.92 Å². The van der Waals surface area contributed by atoms with Gasteiger partial charge in [0, 0.05) is 55.0 Å². The lowest BCUT2D eigenvalue weighted by Gasteiger charge is -2.44. The second-order valence-corrected chi connectivity index (χ2v) is 10.4. The lowest BCUT2D eigenvalue weighted by atomic mass is 9.83. The van der Waals surface area contributed by atoms with Crippen molar-refractivity contribution in [2.75, 3.05) is 23.3 Å². The number of nitrogens with zero attached hydrogens (tertiary/aromatic N) is 2. The molecule has 7 nitrogen and oxygen atoms in total. The van der Waals surface area contributed by atoms with Crippen molar-refractivity contribution in [1.29, 1.82) is 0 Å². The summed E-state index contributed by atoms with van der Waals surface area (Å²) in [6.07, 6.45) is 5.16. The van der Waals surface area contributed by atoms with Crippen LogP contribution in [0.4, 0.5) is 11.4 Å². The van der Waals surface area contributed by atoms with Crippen LogP contribution in [0.1, 0.15) is 54.2 Å². The minimum absolute atomic E-state index is 0.0546. The third-order valence-corrected chi connectivity index (χ3v) is 7.55. The molecule has 3 unspecified atom stereocenters. The second kappa shape index (κ2) is 11.1. The Morgan fingerprint density at radius 3 is 2.63 bits per heavy atom. The Balaban J connectivity index is 1.44. The number of rotatable bonds is 7. The van der Waals surface area contributed by atoms with Gasteiger partial charge in [0.25, 0.3) is 11.5 Å². The first kappa shape index (κ1) is 25.5. The summed E-state index contributed by atoms with van der Waals surface area (Å²) in [7, 11) is 0. The Morgan fingerprint density at radius 1 is 1.03 bits per heavy atom. The van der Waals surface area contributed by atoms with E-state index >= 15 is 0 Å². The molecule has 7 heteroatoms. The van der Waals surface area contributed by atoms with Gasteiger partial charge in [-0.05, 0) is 61.6 Å². The molecule has 2 N–H and O–H groups in total. The average Bonchev–Trinajstić information content (AvgIpc) is 2.93. The van der Waals surface area contributed by atoms with Crippen LogP contribution in [0.3, 0.4) is 0 Å². The molecule has 0 radical (unpaired) electrons. The molecular weight excluding hydrogens is 476 g/mol. The Morgan fingerprint density at radius 2 is 1.84 bits per heavy atom. The molecule has 3 atom stereocenters. The fraction of sp³-hybridized carbons (Fsp3) is 0.323. The highest BCUT2D eigenvalue weighted by Crippen LogP contribution is 2.39. The van der Waals surface area contributed by atoms with Gasteiger partial charge in [-0.1, -0.05) is 43.3 Å². The summed E-state index contributed by atoms with van der Waals surface area (Å²) in [5, 5.41) is 6.04. The fourth-order valence-electron chi connectivity index (χ4n) is 5.47. The van der Waals surface area contributed by atoms with Gasteiger partial charge in [-0.2, -0.15) is 0 Å². The van der Waals surface area contributed by atoms with Crippen molar-refractivity contribution in [1.82, 2.24) is 9.88 Å². The predicted molar refractivity (Wildman–Crippen MR) is 152 cm³/mol. The van der Waals surface area contributed by atoms with Crippen LogP contribution in [0.15, 0.2) is 77.6 Å². The quantitative estimate of drug-likeness (QED) is 0.453. The molecule has 5 rings (SSSR count). The number of amides is 2. The van der Waals surface area contributed by atoms with Gasteiger partial charge in [0.05, 0.1) is 11.4 Å². The number of nitrogens with one attached hydrogen (secondary N) is 2. The standard InChI is InChI=1S/C31H34N4O3/c1-3-21(2)32-31(38)24-13-14-28(26(17-24)33-29(36)15-12-22-8-5-4-6-9-22)34-18-23-16-25(20-34)27-10-7-11-30(37)35(27)19-23/h4-15,17,21,23,25H,3,16,18-20H2,1-2H3,(H,32,38)(H,33,36)/b15-12+. The molecule has 2 bridgehead atoms. The lowest BCUT2D eigenvalue weighted by molar-refractivity contribution is -0.111. The molecule has 0 saturated carbocycles. The molecule has 0 spiro atoms. The molecular formula is C31H34N4O3. The molecule has 3 heterocycles. The SMILES string of the molecule is CCC(C)NC(=O)c1ccc(N2CC3CC(C2)c2cccc(=O)n2C3)c(NC(=O)/C=C/c2ccccc2)c1. The number of carbonyl (C=O) groups excluding carboxylic acids is 2. The average molecular weight is 511 g/mol. The Hall–Kier alpha value is -4.13. The van der Waals surface area contributed by atoms with E-state index in [1.807, 2.05) is 73.0 Å². The van der Waals surface area contributed by atoms with Crippen molar-refractivity contribution >= 4 is 29.3 Å². The fourth-order valence-corrected chi connectivity index (χ4v) is 5.47. The molecule has 3 aromatic rings. The van der Waals surface area contributed by atoms with E-state index in [1.54, 1.807) is 18.2 Å². The maximum atomic E-state index is 13.0. The first-order chi connectivity index (χ1) is 18.4. The van der Waals surface area contributed by atoms with Crippen LogP contribution in [0.2, 0.25) is 0 Å². The molecule has 0 aliphatic carbocycles. The third kappa shape index (κ3) is 5.57. The first-order valence-electron chi connectivity index (χ1n) is 13.3. The molecule has 38 heavy (non-hydrogen) atoms. The number of hydrogen-bond acceptors (Lipinski definition) is 4. The summed E-state index contributed by atoms with van der Waals surface area (Å²) in [5.74, 6) is 0.135. The van der Waals surface area contributed by atoms with Crippen molar-refractivity contribution in [2.24, 2.45) is 5.92 Å². The molecule has 196 valence electrons. The summed E-state index contributed by atoms with van der Waals surface area (Å²) in [6.45, 7) is 6.20. The topological polar surface area (TPSA) is 83.4 Å². The minimum Gasteiger partial charge on any atom is -0.369 e. The monoisotopic (exact) mass is 510 g/mol. The van der Waals surface area contributed by atoms with Crippen molar-refractivity contribution < 1.29 is 9.59 Å². The van der Waals surface area contributed by atoms with Crippen molar-refractivity contribution in [2.45, 2.75) is 45.2 Å². The van der Waals surface area contributed by atoms with Gasteiger partial charge < -0.3 is 20.1 Å². The number of hydrogen-bond donors (Lipinski definition) is 2. The van der Waals surface area contributed by atoms with E-state index in [-0.39, 0.29) is 29.3 Å². The van der Waals surface area contributed by atoms with Crippen LogP contribution in [0.5, 0.6) is 0 Å². The van der Waals surface area contributed by atoms with E-state index in [4.69, 9.17) is 0 Å². The molecule has 2 aromatic carbocycles. The molecule has 2 amide bonds. The van der Waals surface area contributed by atoms with Gasteiger partial charge in [0.2, 0.25) is 5.91 Å². The molecule has 2 aliphatic rings. The minimum atomic E-state index is -0.260. The van der Waals surface area contributed by atoms with Crippen molar-refractivity contribution in [3.8, 4) is 0 Å². The third-order valence-electron chi connectivity index (χ3n) is 7.55. The zero-order valence-electron chi connectivity index (χ0n) is 21.9. The highest BCUT2D eigenvalue weighted by atomic mass is 16.2. The summed E-state index contributed by atoms with van der Waals surface area (Å²) < 4.78 is 1.91. The highest BCUT2D eigenvalue weighted by molar-refractivity contribution is 6.05. The number of carbonyl (C=O) groups is 2. The Labute approximate surface area is 223 Å². The van der Waals surface area contributed by atoms with Crippen LogP contribution in [-0.2, 0) is 11.3 Å². The maximum absolute atomic E-state index is 13.0. The first-order valence-corrected chi connectivity index (χ1v) is 13.3. The summed E-state index contributed by atoms with van der Waals surface area (Å²) >= 11 is 0. The predicted octanol–water partition coefficient (Wildman–Crippen LogP) is 4.65. The van der Waals surface area contributed by atoms with E-state index in [9.17, 15) is 14.4 Å². The number of aromatic nitrogens is 1. The summed E-state index contributed by atoms with van der Waals surface area (Å²) in [5.41, 5.74) is 4.05. The molecule has 2 aliphatic heterocycles. The van der Waals surface area contributed by atoms with Crippen LogP contribution >= 0.6 is 0 Å². The molecule has 1 aromatic heterocycles. The van der Waals surface area contributed by atoms with E-state index in [0.717, 1.165) is 42.9 Å². The van der Waals surface area contributed by atoms with Gasteiger partial charge in [0.1, 0.15) is 0 Å². The second-order valence-electron chi connectivity index (χ2n) is 10.4. The summed E-state index contributed by atoms with van der Waals surface area (Å²) in [6, 6.07) is 20.7. The Bertz CT molecular complexity index is 1410. The maximum Gasteiger partial charge on any atom is 0.251 e. The van der Waals surface area contributed by atoms with Gasteiger partial charge in [0.15, 0.2) is 0 Å². The number of benzene rings is 2. The lowest BCUT2D eigenvalue weighted by Crippen LogP contribution is -2.47. The largest absolute Gasteiger partial charge is 0.369 e. The number of piperidine rings is 1. The normalized spacial score (nSPS) is 19.1. The van der Waals surface area contributed by atoms with Crippen LogP contribution in [-0.4, -0.2) is 35.5 Å². The van der Waals surface area contributed by atoms with E-state index in [0.29, 0.717) is 23.7 Å². The number of pyridine rings is 1. The van der Waals surface area contributed by atoms with Gasteiger partial charge in [-0.15, -0.1) is 0 Å². The number of fused-ring (bicyclic) bond motifs is 4. The van der Waals surface area contributed by atoms with E-state index in [1.165, 1.54) is 6.08 Å². The zero-order valence-corrected chi connectivity index (χ0v) is 21.9. The highest BCUT2D eigenvalue weighted by Gasteiger charge is 2.35. The van der Waals surface area contributed by atoms with Gasteiger partial charge in [-0.25, -0.2) is 0 Å². The van der Waals surface area contributed by atoms with Crippen molar-refractivity contribution in [3.05, 3.63) is 100.0 Å². The Kier molecular flexibility index (Phi) is 7.45. The van der Waals surface area contributed by atoms with Gasteiger partial charge in [-0.3, -0.25) is 14.4 Å². The molecule has 1 saturated heterocycles. The molecule has 1 fully saturated rings.